The number of aliphatic hydroxyl groups is 1. The lowest BCUT2D eigenvalue weighted by Gasteiger charge is -2.32. The van der Waals surface area contributed by atoms with Gasteiger partial charge in [-0.25, -0.2) is 0 Å². The van der Waals surface area contributed by atoms with Crippen LogP contribution in [0.1, 0.15) is 206 Å². The highest BCUT2D eigenvalue weighted by atomic mass is 16.5. The Labute approximate surface area is 310 Å². The van der Waals surface area contributed by atoms with Crippen molar-refractivity contribution in [2.45, 2.75) is 206 Å². The fourth-order valence-electron chi connectivity index (χ4n) is 7.99. The van der Waals surface area contributed by atoms with E-state index in [1.54, 1.807) is 0 Å². The molecule has 1 N–H and O–H groups in total. The summed E-state index contributed by atoms with van der Waals surface area (Å²) in [6.45, 7) is 9.20. The van der Waals surface area contributed by atoms with E-state index in [1.165, 1.54) is 141 Å². The third-order valence-electron chi connectivity index (χ3n) is 11.9. The van der Waals surface area contributed by atoms with Crippen molar-refractivity contribution < 1.29 is 24.2 Å². The Kier molecular flexibility index (Phi) is 28.3. The fraction of sp³-hybridized carbons (Fsp3) is 0.955. The number of hydrogen-bond acceptors (Lipinski definition) is 6. The third-order valence-corrected chi connectivity index (χ3v) is 11.9. The molecule has 0 aromatic carbocycles. The van der Waals surface area contributed by atoms with Crippen LogP contribution in [-0.2, 0) is 19.1 Å². The summed E-state index contributed by atoms with van der Waals surface area (Å²) in [5.41, 5.74) is 0. The highest BCUT2D eigenvalue weighted by molar-refractivity contribution is 5.73. The molecule has 0 heterocycles. The molecule has 2 unspecified atom stereocenters. The van der Waals surface area contributed by atoms with Crippen LogP contribution in [0.15, 0.2) is 0 Å². The van der Waals surface area contributed by atoms with E-state index in [4.69, 9.17) is 9.47 Å². The van der Waals surface area contributed by atoms with E-state index in [9.17, 15) is 14.7 Å². The minimum atomic E-state index is 0.0813. The van der Waals surface area contributed by atoms with Crippen molar-refractivity contribution in [2.24, 2.45) is 23.7 Å². The topological polar surface area (TPSA) is 76.1 Å². The van der Waals surface area contributed by atoms with Crippen molar-refractivity contribution in [1.82, 2.24) is 4.90 Å². The average molecular weight is 706 g/mol. The molecule has 0 radical (unpaired) electrons. The molecule has 0 aliphatic heterocycles. The molecule has 2 aliphatic carbocycles. The smallest absolute Gasteiger partial charge is 0.309 e. The molecule has 2 fully saturated rings. The molecule has 0 aromatic heterocycles. The van der Waals surface area contributed by atoms with Gasteiger partial charge < -0.3 is 19.5 Å². The Hall–Kier alpha value is -1.14. The molecule has 2 aliphatic rings. The van der Waals surface area contributed by atoms with Gasteiger partial charge in [-0.15, -0.1) is 0 Å². The van der Waals surface area contributed by atoms with Crippen LogP contribution in [0.4, 0.5) is 0 Å². The molecule has 0 spiro atoms. The zero-order valence-electron chi connectivity index (χ0n) is 33.3. The van der Waals surface area contributed by atoms with Gasteiger partial charge in [0.25, 0.3) is 0 Å². The first-order chi connectivity index (χ1) is 24.6. The Bertz CT molecular complexity index is 737. The Morgan fingerprint density at radius 3 is 1.26 bits per heavy atom. The van der Waals surface area contributed by atoms with E-state index in [2.05, 4.69) is 18.7 Å². The number of carbonyl (C=O) groups is 2. The van der Waals surface area contributed by atoms with Crippen molar-refractivity contribution in [1.29, 1.82) is 0 Å². The van der Waals surface area contributed by atoms with Crippen LogP contribution in [-0.4, -0.2) is 61.4 Å². The first-order valence-electron chi connectivity index (χ1n) is 22.3. The van der Waals surface area contributed by atoms with E-state index in [-0.39, 0.29) is 30.4 Å². The second-order valence-corrected chi connectivity index (χ2v) is 16.1. The third kappa shape index (κ3) is 21.4. The van der Waals surface area contributed by atoms with Crippen molar-refractivity contribution in [3.63, 3.8) is 0 Å². The van der Waals surface area contributed by atoms with Crippen LogP contribution < -0.4 is 0 Å². The highest BCUT2D eigenvalue weighted by Crippen LogP contribution is 2.38. The molecule has 0 saturated heterocycles. The number of rotatable bonds is 36. The average Bonchev–Trinajstić information content (AvgIpc) is 3.07. The van der Waals surface area contributed by atoms with Crippen LogP contribution in [0, 0.1) is 23.7 Å². The van der Waals surface area contributed by atoms with E-state index in [0.717, 1.165) is 71.0 Å². The molecule has 0 amide bonds. The van der Waals surface area contributed by atoms with E-state index < -0.39 is 0 Å². The molecule has 6 nitrogen and oxygen atoms in total. The van der Waals surface area contributed by atoms with Gasteiger partial charge in [-0.1, -0.05) is 129 Å². The zero-order valence-corrected chi connectivity index (χ0v) is 33.3. The maximum absolute atomic E-state index is 12.9. The Morgan fingerprint density at radius 1 is 0.520 bits per heavy atom. The van der Waals surface area contributed by atoms with Gasteiger partial charge in [-0.05, 0) is 109 Å². The second kappa shape index (κ2) is 31.4. The number of aliphatic hydroxyl groups excluding tert-OH is 1. The maximum atomic E-state index is 12.9. The van der Waals surface area contributed by atoms with Crippen LogP contribution in [0.2, 0.25) is 0 Å². The number of unbranched alkanes of at least 4 members (excludes halogenated alkanes) is 17. The summed E-state index contributed by atoms with van der Waals surface area (Å²) in [5, 5.41) is 9.29. The standard InChI is InChI=1S/C44H83NO5/c1-3-5-7-9-11-17-31-41(39-27-25-28-39)43(47)49-37-23-15-13-19-33-45(35-21-22-36-46)34-20-14-16-24-38-50-44(48)42(40-29-26-30-40)32-18-12-10-8-6-4-2/h39-42,46H,3-38H2,1-2H3. The van der Waals surface area contributed by atoms with Crippen LogP contribution in [0.3, 0.4) is 0 Å². The molecule has 2 atom stereocenters. The highest BCUT2D eigenvalue weighted by Gasteiger charge is 2.34. The molecule has 294 valence electrons. The van der Waals surface area contributed by atoms with Gasteiger partial charge in [0.2, 0.25) is 0 Å². The van der Waals surface area contributed by atoms with E-state index >= 15 is 0 Å². The normalized spacial score (nSPS) is 16.2. The number of carbonyl (C=O) groups excluding carboxylic acids is 2. The van der Waals surface area contributed by atoms with E-state index in [0.29, 0.717) is 25.0 Å². The summed E-state index contributed by atoms with van der Waals surface area (Å²) in [6.07, 6.45) is 35.5. The van der Waals surface area contributed by atoms with Crippen LogP contribution in [0.25, 0.3) is 0 Å². The second-order valence-electron chi connectivity index (χ2n) is 16.1. The summed E-state index contributed by atoms with van der Waals surface area (Å²) >= 11 is 0. The first-order valence-corrected chi connectivity index (χ1v) is 22.3. The number of hydrogen-bond donors (Lipinski definition) is 1. The van der Waals surface area contributed by atoms with Crippen molar-refractivity contribution >= 4 is 11.9 Å². The predicted octanol–water partition coefficient (Wildman–Crippen LogP) is 11.6. The van der Waals surface area contributed by atoms with Gasteiger partial charge in [0, 0.05) is 6.61 Å². The Balaban J connectivity index is 1.53. The molecule has 50 heavy (non-hydrogen) atoms. The lowest BCUT2D eigenvalue weighted by Crippen LogP contribution is -2.30. The predicted molar refractivity (Wildman–Crippen MR) is 209 cm³/mol. The van der Waals surface area contributed by atoms with Gasteiger partial charge in [0.1, 0.15) is 0 Å². The van der Waals surface area contributed by atoms with Gasteiger partial charge in [0.05, 0.1) is 25.0 Å². The number of esters is 2. The summed E-state index contributed by atoms with van der Waals surface area (Å²) < 4.78 is 11.6. The largest absolute Gasteiger partial charge is 0.465 e. The first kappa shape index (κ1) is 45.0. The van der Waals surface area contributed by atoms with Crippen molar-refractivity contribution in [3.8, 4) is 0 Å². The summed E-state index contributed by atoms with van der Waals surface area (Å²) in [7, 11) is 0. The summed E-state index contributed by atoms with van der Waals surface area (Å²) in [6, 6.07) is 0. The van der Waals surface area contributed by atoms with Crippen LogP contribution in [0.5, 0.6) is 0 Å². The zero-order chi connectivity index (χ0) is 35.9. The molecule has 2 saturated carbocycles. The molecular formula is C44H83NO5. The SMILES string of the molecule is CCCCCCCCC(C(=O)OCCCCCCN(CCCCO)CCCCCCOC(=O)C(CCCCCCCC)C1CCC1)C1CCC1. The van der Waals surface area contributed by atoms with Gasteiger partial charge in [-0.2, -0.15) is 0 Å². The number of ether oxygens (including phenoxy) is 2. The lowest BCUT2D eigenvalue weighted by atomic mass is 9.74. The maximum Gasteiger partial charge on any atom is 0.309 e. The van der Waals surface area contributed by atoms with Gasteiger partial charge in [-0.3, -0.25) is 9.59 Å². The minimum absolute atomic E-state index is 0.0813. The van der Waals surface area contributed by atoms with Crippen LogP contribution >= 0.6 is 0 Å². The van der Waals surface area contributed by atoms with Crippen molar-refractivity contribution in [2.75, 3.05) is 39.5 Å². The van der Waals surface area contributed by atoms with Gasteiger partial charge >= 0.3 is 11.9 Å². The van der Waals surface area contributed by atoms with Gasteiger partial charge in [0.15, 0.2) is 0 Å². The number of nitrogens with zero attached hydrogens (tertiary/aromatic N) is 1. The molecule has 0 bridgehead atoms. The minimum Gasteiger partial charge on any atom is -0.465 e. The fourth-order valence-corrected chi connectivity index (χ4v) is 7.99. The molecule has 0 aromatic rings. The molecule has 6 heteroatoms. The molecular weight excluding hydrogens is 622 g/mol. The quantitative estimate of drug-likeness (QED) is 0.0516. The lowest BCUT2D eigenvalue weighted by molar-refractivity contribution is -0.153. The summed E-state index contributed by atoms with van der Waals surface area (Å²) in [4.78, 5) is 28.4. The molecule has 2 rings (SSSR count). The Morgan fingerprint density at radius 2 is 0.880 bits per heavy atom. The van der Waals surface area contributed by atoms with E-state index in [1.807, 2.05) is 0 Å². The summed E-state index contributed by atoms with van der Waals surface area (Å²) in [5.74, 6) is 1.58. The van der Waals surface area contributed by atoms with Crippen molar-refractivity contribution in [3.05, 3.63) is 0 Å². The monoisotopic (exact) mass is 706 g/mol.